The topological polar surface area (TPSA) is 88.8 Å². The summed E-state index contributed by atoms with van der Waals surface area (Å²) in [6, 6.07) is 5.92. The van der Waals surface area contributed by atoms with Crippen LogP contribution in [0.4, 0.5) is 11.6 Å². The third kappa shape index (κ3) is 3.88. The van der Waals surface area contributed by atoms with E-state index in [1.165, 1.54) is 0 Å². The lowest BCUT2D eigenvalue weighted by molar-refractivity contribution is 0.771. The maximum absolute atomic E-state index is 5.53. The molecular formula is C15H22N6. The summed E-state index contributed by atoms with van der Waals surface area (Å²) in [6.07, 6.45) is 2.64. The molecule has 2 aromatic rings. The number of hydrazine groups is 1. The summed E-state index contributed by atoms with van der Waals surface area (Å²) in [5, 5.41) is 3.34. The number of aromatic nitrogens is 3. The number of nitrogens with one attached hydrogen (secondary N) is 2. The quantitative estimate of drug-likeness (QED) is 0.557. The lowest BCUT2D eigenvalue weighted by Crippen LogP contribution is -2.16. The molecule has 0 aliphatic heterocycles. The molecule has 0 aromatic carbocycles. The number of pyridine rings is 1. The fourth-order valence-electron chi connectivity index (χ4n) is 1.96. The number of anilines is 2. The molecule has 0 atom stereocenters. The Morgan fingerprint density at radius 2 is 1.95 bits per heavy atom. The first-order chi connectivity index (χ1) is 10.1. The van der Waals surface area contributed by atoms with Crippen LogP contribution in [0.25, 0.3) is 0 Å². The molecule has 0 spiro atoms. The van der Waals surface area contributed by atoms with Gasteiger partial charge in [-0.05, 0) is 19.1 Å². The highest BCUT2D eigenvalue weighted by Crippen LogP contribution is 2.22. The van der Waals surface area contributed by atoms with E-state index >= 15 is 0 Å². The first-order valence-electron chi connectivity index (χ1n) is 7.10. The molecule has 0 saturated heterocycles. The van der Waals surface area contributed by atoms with Crippen LogP contribution in [-0.4, -0.2) is 21.5 Å². The van der Waals surface area contributed by atoms with Crippen molar-refractivity contribution in [1.82, 2.24) is 15.0 Å². The Morgan fingerprint density at radius 1 is 1.19 bits per heavy atom. The van der Waals surface area contributed by atoms with Crippen LogP contribution in [0.2, 0.25) is 0 Å². The van der Waals surface area contributed by atoms with Gasteiger partial charge in [-0.25, -0.2) is 15.8 Å². The van der Waals surface area contributed by atoms with E-state index in [4.69, 9.17) is 5.84 Å². The second kappa shape index (κ2) is 6.99. The van der Waals surface area contributed by atoms with Crippen molar-refractivity contribution in [3.63, 3.8) is 0 Å². The summed E-state index contributed by atoms with van der Waals surface area (Å²) in [5.41, 5.74) is 4.61. The van der Waals surface area contributed by atoms with E-state index in [0.29, 0.717) is 5.82 Å². The molecule has 0 amide bonds. The Kier molecular flexibility index (Phi) is 5.05. The summed E-state index contributed by atoms with van der Waals surface area (Å²) < 4.78 is 0. The van der Waals surface area contributed by atoms with E-state index in [-0.39, 0.29) is 5.92 Å². The smallest absolute Gasteiger partial charge is 0.148 e. The van der Waals surface area contributed by atoms with Crippen molar-refractivity contribution in [3.05, 3.63) is 41.5 Å². The summed E-state index contributed by atoms with van der Waals surface area (Å²) >= 11 is 0. The van der Waals surface area contributed by atoms with Gasteiger partial charge in [0.2, 0.25) is 0 Å². The van der Waals surface area contributed by atoms with E-state index in [9.17, 15) is 0 Å². The summed E-state index contributed by atoms with van der Waals surface area (Å²) in [7, 11) is 0. The molecule has 21 heavy (non-hydrogen) atoms. The van der Waals surface area contributed by atoms with Crippen molar-refractivity contribution < 1.29 is 0 Å². The maximum atomic E-state index is 5.53. The first kappa shape index (κ1) is 15.2. The lowest BCUT2D eigenvalue weighted by Gasteiger charge is -2.14. The van der Waals surface area contributed by atoms with Crippen LogP contribution in [0.3, 0.4) is 0 Å². The molecule has 2 rings (SSSR count). The summed E-state index contributed by atoms with van der Waals surface area (Å²) in [4.78, 5) is 13.3. The molecule has 112 valence electrons. The van der Waals surface area contributed by atoms with Crippen LogP contribution < -0.4 is 16.6 Å². The molecule has 2 aromatic heterocycles. The highest BCUT2D eigenvalue weighted by Gasteiger charge is 2.12. The second-order valence-corrected chi connectivity index (χ2v) is 5.20. The van der Waals surface area contributed by atoms with E-state index < -0.39 is 0 Å². The molecule has 0 aliphatic rings. The average Bonchev–Trinajstić information content (AvgIpc) is 2.49. The number of nitrogen functional groups attached to an aromatic ring is 1. The van der Waals surface area contributed by atoms with Crippen molar-refractivity contribution in [3.8, 4) is 0 Å². The largest absolute Gasteiger partial charge is 0.369 e. The minimum atomic E-state index is 0.244. The molecule has 4 N–H and O–H groups in total. The fourth-order valence-corrected chi connectivity index (χ4v) is 1.96. The lowest BCUT2D eigenvalue weighted by atomic mass is 10.2. The first-order valence-corrected chi connectivity index (χ1v) is 7.10. The Bertz CT molecular complexity index is 582. The monoisotopic (exact) mass is 286 g/mol. The Morgan fingerprint density at radius 3 is 2.57 bits per heavy atom. The van der Waals surface area contributed by atoms with E-state index in [2.05, 4.69) is 39.5 Å². The van der Waals surface area contributed by atoms with Gasteiger partial charge < -0.3 is 10.7 Å². The predicted octanol–water partition coefficient (Wildman–Crippen LogP) is 2.24. The molecule has 0 aliphatic carbocycles. The number of nitrogens with zero attached hydrogens (tertiary/aromatic N) is 3. The van der Waals surface area contributed by atoms with E-state index in [1.807, 2.05) is 25.1 Å². The Balaban J connectivity index is 2.10. The van der Waals surface area contributed by atoms with E-state index in [0.717, 1.165) is 35.9 Å². The molecule has 2 heterocycles. The third-order valence-corrected chi connectivity index (χ3v) is 3.22. The van der Waals surface area contributed by atoms with Gasteiger partial charge in [0.1, 0.15) is 17.5 Å². The fraction of sp³-hybridized carbons (Fsp3) is 0.400. The normalized spacial score (nSPS) is 10.7. The van der Waals surface area contributed by atoms with Crippen LogP contribution in [-0.2, 0) is 6.42 Å². The SMILES string of the molecule is Cc1c(NN)nc(C(C)C)nc1NCCc1ccccn1. The highest BCUT2D eigenvalue weighted by molar-refractivity contribution is 5.56. The zero-order chi connectivity index (χ0) is 15.2. The second-order valence-electron chi connectivity index (χ2n) is 5.20. The van der Waals surface area contributed by atoms with Gasteiger partial charge >= 0.3 is 0 Å². The zero-order valence-electron chi connectivity index (χ0n) is 12.7. The van der Waals surface area contributed by atoms with Gasteiger partial charge in [-0.1, -0.05) is 19.9 Å². The molecule has 0 saturated carbocycles. The standard InChI is InChI=1S/C15H22N6/c1-10(2)13-19-14(11(3)15(20-13)21-16)18-9-7-12-6-4-5-8-17-12/h4-6,8,10H,7,9,16H2,1-3H3,(H2,18,19,20,21). The third-order valence-electron chi connectivity index (χ3n) is 3.22. The van der Waals surface area contributed by atoms with Gasteiger partial charge in [0.25, 0.3) is 0 Å². The molecule has 0 bridgehead atoms. The zero-order valence-corrected chi connectivity index (χ0v) is 12.7. The molecule has 6 nitrogen and oxygen atoms in total. The van der Waals surface area contributed by atoms with Crippen molar-refractivity contribution >= 4 is 11.6 Å². The average molecular weight is 286 g/mol. The molecule has 0 radical (unpaired) electrons. The van der Waals surface area contributed by atoms with Gasteiger partial charge in [-0.15, -0.1) is 0 Å². The van der Waals surface area contributed by atoms with Gasteiger partial charge in [0, 0.05) is 36.3 Å². The molecule has 0 unspecified atom stereocenters. The van der Waals surface area contributed by atoms with Crippen LogP contribution in [0.1, 0.15) is 36.8 Å². The van der Waals surface area contributed by atoms with Gasteiger partial charge in [-0.3, -0.25) is 4.98 Å². The molecule has 0 fully saturated rings. The molecule has 6 heteroatoms. The Hall–Kier alpha value is -2.21. The number of rotatable bonds is 6. The summed E-state index contributed by atoms with van der Waals surface area (Å²) in [6.45, 7) is 6.82. The van der Waals surface area contributed by atoms with Crippen LogP contribution in [0.5, 0.6) is 0 Å². The van der Waals surface area contributed by atoms with Gasteiger partial charge in [-0.2, -0.15) is 0 Å². The minimum absolute atomic E-state index is 0.244. The van der Waals surface area contributed by atoms with Crippen molar-refractivity contribution in [2.24, 2.45) is 5.84 Å². The van der Waals surface area contributed by atoms with Gasteiger partial charge in [0.05, 0.1) is 0 Å². The van der Waals surface area contributed by atoms with Gasteiger partial charge in [0.15, 0.2) is 0 Å². The minimum Gasteiger partial charge on any atom is -0.369 e. The van der Waals surface area contributed by atoms with Crippen LogP contribution >= 0.6 is 0 Å². The van der Waals surface area contributed by atoms with Crippen molar-refractivity contribution in [1.29, 1.82) is 0 Å². The number of nitrogens with two attached hydrogens (primary N) is 1. The van der Waals surface area contributed by atoms with Crippen molar-refractivity contribution in [2.75, 3.05) is 17.3 Å². The van der Waals surface area contributed by atoms with Crippen molar-refractivity contribution in [2.45, 2.75) is 33.1 Å². The van der Waals surface area contributed by atoms with Crippen LogP contribution in [0.15, 0.2) is 24.4 Å². The number of hydrogen-bond acceptors (Lipinski definition) is 6. The molecular weight excluding hydrogens is 264 g/mol. The Labute approximate surface area is 125 Å². The highest BCUT2D eigenvalue weighted by atomic mass is 15.3. The van der Waals surface area contributed by atoms with E-state index in [1.54, 1.807) is 6.20 Å². The van der Waals surface area contributed by atoms with Crippen LogP contribution in [0, 0.1) is 6.92 Å². The predicted molar refractivity (Wildman–Crippen MR) is 85.1 cm³/mol. The number of hydrogen-bond donors (Lipinski definition) is 3. The maximum Gasteiger partial charge on any atom is 0.148 e. The summed E-state index contributed by atoms with van der Waals surface area (Å²) in [5.74, 6) is 8.03.